The summed E-state index contributed by atoms with van der Waals surface area (Å²) >= 11 is 0. The van der Waals surface area contributed by atoms with Crippen LogP contribution in [0.2, 0.25) is 0 Å². The number of amides is 1. The van der Waals surface area contributed by atoms with Crippen LogP contribution in [0.5, 0.6) is 0 Å². The highest BCUT2D eigenvalue weighted by Gasteiger charge is 2.54. The molecule has 1 aromatic rings. The van der Waals surface area contributed by atoms with E-state index in [-0.39, 0.29) is 23.1 Å². The van der Waals surface area contributed by atoms with E-state index in [9.17, 15) is 9.18 Å². The Hall–Kier alpha value is -1.42. The van der Waals surface area contributed by atoms with Crippen LogP contribution in [-0.4, -0.2) is 48.4 Å². The Kier molecular flexibility index (Phi) is 3.98. The average Bonchev–Trinajstić information content (AvgIpc) is 2.74. The third-order valence-corrected chi connectivity index (χ3v) is 5.59. The monoisotopic (exact) mass is 304 g/mol. The van der Waals surface area contributed by atoms with Gasteiger partial charge < -0.3 is 9.80 Å². The Bertz CT molecular complexity index is 547. The van der Waals surface area contributed by atoms with Crippen molar-refractivity contribution in [1.29, 1.82) is 0 Å². The van der Waals surface area contributed by atoms with Gasteiger partial charge in [-0.15, -0.1) is 0 Å². The van der Waals surface area contributed by atoms with Gasteiger partial charge in [0.2, 0.25) is 5.91 Å². The zero-order valence-electron chi connectivity index (χ0n) is 13.7. The molecule has 0 aromatic heterocycles. The van der Waals surface area contributed by atoms with Gasteiger partial charge in [0.1, 0.15) is 5.82 Å². The van der Waals surface area contributed by atoms with Gasteiger partial charge in [-0.05, 0) is 57.5 Å². The minimum Gasteiger partial charge on any atom is -0.345 e. The topological polar surface area (TPSA) is 23.6 Å². The van der Waals surface area contributed by atoms with Crippen molar-refractivity contribution in [3.05, 3.63) is 35.6 Å². The Labute approximate surface area is 132 Å². The highest BCUT2D eigenvalue weighted by atomic mass is 19.1. The summed E-state index contributed by atoms with van der Waals surface area (Å²) in [6, 6.07) is 7.24. The lowest BCUT2D eigenvalue weighted by molar-refractivity contribution is -0.138. The second kappa shape index (κ2) is 5.65. The predicted octanol–water partition coefficient (Wildman–Crippen LogP) is 2.87. The summed E-state index contributed by atoms with van der Waals surface area (Å²) in [4.78, 5) is 17.1. The number of piperidine rings is 1. The molecule has 22 heavy (non-hydrogen) atoms. The summed E-state index contributed by atoms with van der Waals surface area (Å²) in [6.07, 6.45) is 1.80. The highest BCUT2D eigenvalue weighted by molar-refractivity contribution is 5.86. The van der Waals surface area contributed by atoms with Gasteiger partial charge in [-0.3, -0.25) is 4.79 Å². The number of likely N-dealkylation sites (N-methyl/N-ethyl adjacent to an activating group) is 1. The molecule has 1 spiro atoms. The average molecular weight is 304 g/mol. The highest BCUT2D eigenvalue weighted by Crippen LogP contribution is 2.50. The third-order valence-electron chi connectivity index (χ3n) is 5.59. The van der Waals surface area contributed by atoms with Crippen molar-refractivity contribution in [2.24, 2.45) is 5.41 Å². The number of hydrogen-bond donors (Lipinski definition) is 0. The Morgan fingerprint density at radius 2 is 1.77 bits per heavy atom. The van der Waals surface area contributed by atoms with Crippen LogP contribution < -0.4 is 0 Å². The van der Waals surface area contributed by atoms with Gasteiger partial charge in [-0.1, -0.05) is 12.1 Å². The van der Waals surface area contributed by atoms with E-state index < -0.39 is 0 Å². The van der Waals surface area contributed by atoms with Crippen LogP contribution >= 0.6 is 0 Å². The number of nitrogens with zero attached hydrogens (tertiary/aromatic N) is 2. The van der Waals surface area contributed by atoms with Gasteiger partial charge in [0.15, 0.2) is 0 Å². The zero-order chi connectivity index (χ0) is 15.9. The van der Waals surface area contributed by atoms with E-state index in [0.717, 1.165) is 38.0 Å². The minimum absolute atomic E-state index is 0.180. The van der Waals surface area contributed by atoms with Crippen molar-refractivity contribution in [1.82, 2.24) is 9.80 Å². The Morgan fingerprint density at radius 1 is 1.18 bits per heavy atom. The Balaban J connectivity index is 1.89. The first-order valence-corrected chi connectivity index (χ1v) is 8.19. The number of hydrogen-bond acceptors (Lipinski definition) is 2. The number of rotatable bonds is 2. The van der Waals surface area contributed by atoms with E-state index in [1.54, 1.807) is 0 Å². The largest absolute Gasteiger partial charge is 0.345 e. The van der Waals surface area contributed by atoms with E-state index in [4.69, 9.17) is 0 Å². The van der Waals surface area contributed by atoms with Crippen LogP contribution in [0.3, 0.4) is 0 Å². The molecule has 2 fully saturated rings. The smallest absolute Gasteiger partial charge is 0.229 e. The van der Waals surface area contributed by atoms with Gasteiger partial charge in [0.25, 0.3) is 0 Å². The fourth-order valence-corrected chi connectivity index (χ4v) is 4.18. The zero-order valence-corrected chi connectivity index (χ0v) is 13.7. The summed E-state index contributed by atoms with van der Waals surface area (Å²) in [5.41, 5.74) is 0.801. The normalized spacial score (nSPS) is 25.4. The molecule has 1 unspecified atom stereocenters. The van der Waals surface area contributed by atoms with Crippen LogP contribution in [0.1, 0.15) is 38.2 Å². The second-order valence-electron chi connectivity index (χ2n) is 7.08. The first kappa shape index (κ1) is 15.5. The fourth-order valence-electron chi connectivity index (χ4n) is 4.18. The Morgan fingerprint density at radius 3 is 2.32 bits per heavy atom. The maximum atomic E-state index is 13.2. The van der Waals surface area contributed by atoms with E-state index in [1.165, 1.54) is 12.1 Å². The first-order valence-electron chi connectivity index (χ1n) is 8.19. The number of benzene rings is 1. The molecule has 0 N–H and O–H groups in total. The van der Waals surface area contributed by atoms with Crippen molar-refractivity contribution in [3.8, 4) is 0 Å². The fraction of sp³-hybridized carbons (Fsp3) is 0.611. The van der Waals surface area contributed by atoms with E-state index in [1.807, 2.05) is 24.1 Å². The lowest BCUT2D eigenvalue weighted by atomic mass is 9.67. The van der Waals surface area contributed by atoms with Crippen molar-refractivity contribution >= 4 is 5.91 Å². The van der Waals surface area contributed by atoms with Crippen LogP contribution in [0.15, 0.2) is 24.3 Å². The van der Waals surface area contributed by atoms with Crippen molar-refractivity contribution in [3.63, 3.8) is 0 Å². The van der Waals surface area contributed by atoms with Gasteiger partial charge in [-0.25, -0.2) is 4.39 Å². The van der Waals surface area contributed by atoms with Crippen molar-refractivity contribution < 1.29 is 9.18 Å². The van der Waals surface area contributed by atoms with Gasteiger partial charge in [0.05, 0.1) is 5.41 Å². The first-order chi connectivity index (χ1) is 10.4. The third kappa shape index (κ3) is 2.43. The van der Waals surface area contributed by atoms with Crippen molar-refractivity contribution in [2.45, 2.75) is 38.6 Å². The standard InChI is InChI=1S/C18H25FN2O/c1-13(2)21-10-8-18(9-11-21)16(12-20(3)17(18)22)14-4-6-15(19)7-5-14/h4-7,13,16H,8-12H2,1-3H3. The quantitative estimate of drug-likeness (QED) is 0.839. The van der Waals surface area contributed by atoms with Crippen LogP contribution in [0.25, 0.3) is 0 Å². The number of likely N-dealkylation sites (tertiary alicyclic amines) is 2. The lowest BCUT2D eigenvalue weighted by Gasteiger charge is -2.42. The van der Waals surface area contributed by atoms with Crippen LogP contribution in [0, 0.1) is 11.2 Å². The summed E-state index contributed by atoms with van der Waals surface area (Å²) in [7, 11) is 1.89. The van der Waals surface area contributed by atoms with Crippen molar-refractivity contribution in [2.75, 3.05) is 26.7 Å². The molecule has 2 saturated heterocycles. The molecular formula is C18H25FN2O. The maximum Gasteiger partial charge on any atom is 0.229 e. The molecule has 1 aromatic carbocycles. The van der Waals surface area contributed by atoms with E-state index in [2.05, 4.69) is 18.7 Å². The molecule has 3 nitrogen and oxygen atoms in total. The van der Waals surface area contributed by atoms with E-state index in [0.29, 0.717) is 6.04 Å². The molecule has 2 aliphatic rings. The number of carbonyl (C=O) groups excluding carboxylic acids is 1. The molecular weight excluding hydrogens is 279 g/mol. The molecule has 0 bridgehead atoms. The molecule has 4 heteroatoms. The summed E-state index contributed by atoms with van der Waals surface area (Å²) in [5, 5.41) is 0. The number of halogens is 1. The summed E-state index contributed by atoms with van der Waals surface area (Å²) in [5.74, 6) is 0.232. The van der Waals surface area contributed by atoms with Gasteiger partial charge in [-0.2, -0.15) is 0 Å². The predicted molar refractivity (Wildman–Crippen MR) is 85.2 cm³/mol. The molecule has 0 saturated carbocycles. The maximum absolute atomic E-state index is 13.2. The van der Waals surface area contributed by atoms with Gasteiger partial charge in [0, 0.05) is 25.6 Å². The molecule has 0 radical (unpaired) electrons. The number of carbonyl (C=O) groups is 1. The molecule has 0 aliphatic carbocycles. The molecule has 1 atom stereocenters. The van der Waals surface area contributed by atoms with Gasteiger partial charge >= 0.3 is 0 Å². The van der Waals surface area contributed by atoms with E-state index >= 15 is 0 Å². The van der Waals surface area contributed by atoms with Crippen LogP contribution in [-0.2, 0) is 4.79 Å². The molecule has 2 heterocycles. The molecule has 2 aliphatic heterocycles. The molecule has 3 rings (SSSR count). The lowest BCUT2D eigenvalue weighted by Crippen LogP contribution is -2.48. The summed E-state index contributed by atoms with van der Waals surface area (Å²) < 4.78 is 13.2. The second-order valence-corrected chi connectivity index (χ2v) is 7.08. The summed E-state index contributed by atoms with van der Waals surface area (Å²) in [6.45, 7) is 7.09. The molecule has 120 valence electrons. The van der Waals surface area contributed by atoms with Crippen LogP contribution in [0.4, 0.5) is 4.39 Å². The minimum atomic E-state index is -0.294. The SMILES string of the molecule is CC(C)N1CCC2(CC1)C(=O)N(C)CC2c1ccc(F)cc1. The molecule has 1 amide bonds.